The number of benzene rings is 1. The molecule has 3 aromatic heterocycles. The molecule has 0 spiro atoms. The van der Waals surface area contributed by atoms with Crippen LogP contribution in [0.15, 0.2) is 53.7 Å². The lowest BCUT2D eigenvalue weighted by atomic mass is 9.95. The zero-order chi connectivity index (χ0) is 30.4. The highest BCUT2D eigenvalue weighted by Crippen LogP contribution is 2.31. The molecule has 0 unspecified atom stereocenters. The Morgan fingerprint density at radius 3 is 2.38 bits per heavy atom. The number of carbonyl (C=O) groups is 1. The number of nitrogens with zero attached hydrogens (tertiary/aromatic N) is 5. The minimum Gasteiger partial charge on any atom is -0.444 e. The Hall–Kier alpha value is -3.73. The number of imidazole rings is 1. The average Bonchev–Trinajstić information content (AvgIpc) is 3.19. The molecule has 0 aliphatic carbocycles. The van der Waals surface area contributed by atoms with Gasteiger partial charge in [-0.3, -0.25) is 19.1 Å². The summed E-state index contributed by atoms with van der Waals surface area (Å²) in [4.78, 5) is 37.4. The molecule has 1 amide bonds. The molecular formula is C31H39N5O5S. The van der Waals surface area contributed by atoms with Crippen molar-refractivity contribution in [1.29, 1.82) is 0 Å². The highest BCUT2D eigenvalue weighted by atomic mass is 32.2. The Labute approximate surface area is 246 Å². The molecule has 224 valence electrons. The summed E-state index contributed by atoms with van der Waals surface area (Å²) in [7, 11) is -3.38. The second-order valence-corrected chi connectivity index (χ2v) is 15.4. The van der Waals surface area contributed by atoms with Crippen molar-refractivity contribution < 1.29 is 17.9 Å². The summed E-state index contributed by atoms with van der Waals surface area (Å²) in [6.45, 7) is 10.1. The van der Waals surface area contributed by atoms with Gasteiger partial charge in [-0.05, 0) is 70.9 Å². The van der Waals surface area contributed by atoms with E-state index in [-0.39, 0.29) is 30.8 Å². The third-order valence-electron chi connectivity index (χ3n) is 8.15. The van der Waals surface area contributed by atoms with Crippen LogP contribution in [0.5, 0.6) is 0 Å². The standard InChI is InChI=1S/C31H39N5O5S/c1-30(2,3)41-29(38)34-15-12-22(13-16-34)36-26-11-14-32-19-27(26)35(28(36)37)20-25-24(17-31(4,5)42(6,39)40)23-10-8-7-9-21(23)18-33-25/h7-11,14,18-19,22H,12-13,15-17,20H2,1-6H3. The third-order valence-corrected chi connectivity index (χ3v) is 10.3. The monoisotopic (exact) mass is 593 g/mol. The van der Waals surface area contributed by atoms with Crippen LogP contribution < -0.4 is 5.69 Å². The van der Waals surface area contributed by atoms with Gasteiger partial charge < -0.3 is 9.64 Å². The summed E-state index contributed by atoms with van der Waals surface area (Å²) < 4.78 is 33.4. The van der Waals surface area contributed by atoms with Crippen molar-refractivity contribution in [3.8, 4) is 0 Å². The fourth-order valence-electron chi connectivity index (χ4n) is 5.57. The number of aromatic nitrogens is 4. The highest BCUT2D eigenvalue weighted by molar-refractivity contribution is 7.92. The minimum atomic E-state index is -3.38. The van der Waals surface area contributed by atoms with Gasteiger partial charge >= 0.3 is 11.8 Å². The predicted octanol–water partition coefficient (Wildman–Crippen LogP) is 4.73. The Morgan fingerprint density at radius 2 is 1.71 bits per heavy atom. The van der Waals surface area contributed by atoms with E-state index >= 15 is 0 Å². The lowest BCUT2D eigenvalue weighted by Gasteiger charge is -2.33. The van der Waals surface area contributed by atoms with Crippen LogP contribution in [-0.2, 0) is 27.5 Å². The zero-order valence-electron chi connectivity index (χ0n) is 25.1. The smallest absolute Gasteiger partial charge is 0.410 e. The fraction of sp³-hybridized carbons (Fsp3) is 0.484. The van der Waals surface area contributed by atoms with Crippen molar-refractivity contribution in [2.24, 2.45) is 0 Å². The van der Waals surface area contributed by atoms with Crippen LogP contribution in [0, 0.1) is 0 Å². The molecule has 4 aromatic rings. The van der Waals surface area contributed by atoms with Crippen LogP contribution in [0.1, 0.15) is 64.8 Å². The number of hydrogen-bond donors (Lipinski definition) is 0. The lowest BCUT2D eigenvalue weighted by Crippen LogP contribution is -2.43. The lowest BCUT2D eigenvalue weighted by molar-refractivity contribution is 0.0188. The van der Waals surface area contributed by atoms with E-state index in [1.54, 1.807) is 41.9 Å². The molecule has 1 aromatic carbocycles. The second kappa shape index (κ2) is 10.8. The summed E-state index contributed by atoms with van der Waals surface area (Å²) in [6, 6.07) is 9.52. The summed E-state index contributed by atoms with van der Waals surface area (Å²) in [5.41, 5.74) is 2.15. The van der Waals surface area contributed by atoms with Crippen LogP contribution >= 0.6 is 0 Å². The van der Waals surface area contributed by atoms with Crippen LogP contribution in [0.4, 0.5) is 4.79 Å². The molecule has 42 heavy (non-hydrogen) atoms. The van der Waals surface area contributed by atoms with Crippen LogP contribution in [0.2, 0.25) is 0 Å². The van der Waals surface area contributed by atoms with E-state index in [9.17, 15) is 18.0 Å². The van der Waals surface area contributed by atoms with E-state index in [4.69, 9.17) is 9.72 Å². The Kier molecular flexibility index (Phi) is 7.67. The topological polar surface area (TPSA) is 116 Å². The number of piperidine rings is 1. The van der Waals surface area contributed by atoms with Crippen LogP contribution in [0.25, 0.3) is 21.8 Å². The first-order chi connectivity index (χ1) is 19.7. The van der Waals surface area contributed by atoms with E-state index in [2.05, 4.69) is 4.98 Å². The SMILES string of the molecule is CC(C)(C)OC(=O)N1CCC(n2c(=O)n(Cc3ncc4ccccc4c3CC(C)(C)S(C)(=O)=O)c3cnccc32)CC1. The molecule has 0 atom stereocenters. The molecule has 0 saturated carbocycles. The molecule has 1 saturated heterocycles. The van der Waals surface area contributed by atoms with Gasteiger partial charge in [0.2, 0.25) is 0 Å². The maximum atomic E-state index is 14.1. The van der Waals surface area contributed by atoms with Crippen molar-refractivity contribution in [2.75, 3.05) is 19.3 Å². The van der Waals surface area contributed by atoms with Gasteiger partial charge in [-0.2, -0.15) is 0 Å². The van der Waals surface area contributed by atoms with Crippen molar-refractivity contribution in [3.63, 3.8) is 0 Å². The first-order valence-corrected chi connectivity index (χ1v) is 16.1. The molecular weight excluding hydrogens is 554 g/mol. The first kappa shape index (κ1) is 29.8. The van der Waals surface area contributed by atoms with Gasteiger partial charge in [-0.25, -0.2) is 18.0 Å². The van der Waals surface area contributed by atoms with E-state index in [0.717, 1.165) is 21.9 Å². The van der Waals surface area contributed by atoms with Crippen molar-refractivity contribution >= 4 is 37.7 Å². The van der Waals surface area contributed by atoms with Crippen LogP contribution in [-0.4, -0.2) is 68.2 Å². The molecule has 5 rings (SSSR count). The second-order valence-electron chi connectivity index (χ2n) is 12.8. The van der Waals surface area contributed by atoms with Gasteiger partial charge in [0.15, 0.2) is 9.84 Å². The number of hydrogen-bond acceptors (Lipinski definition) is 7. The summed E-state index contributed by atoms with van der Waals surface area (Å²) in [5.74, 6) is 0. The molecule has 0 radical (unpaired) electrons. The normalized spacial score (nSPS) is 15.4. The molecule has 4 heterocycles. The number of carbonyl (C=O) groups excluding carboxylic acids is 1. The summed E-state index contributed by atoms with van der Waals surface area (Å²) in [6.07, 6.45) is 7.53. The summed E-state index contributed by atoms with van der Waals surface area (Å²) in [5, 5.41) is 1.83. The molecule has 10 nitrogen and oxygen atoms in total. The van der Waals surface area contributed by atoms with Gasteiger partial charge in [0.1, 0.15) is 5.60 Å². The number of fused-ring (bicyclic) bond motifs is 2. The number of sulfone groups is 1. The molecule has 0 bridgehead atoms. The van der Waals surface area contributed by atoms with E-state index in [0.29, 0.717) is 37.1 Å². The summed E-state index contributed by atoms with van der Waals surface area (Å²) >= 11 is 0. The van der Waals surface area contributed by atoms with Crippen molar-refractivity contribution in [3.05, 3.63) is 70.7 Å². The zero-order valence-corrected chi connectivity index (χ0v) is 25.9. The van der Waals surface area contributed by atoms with E-state index in [1.165, 1.54) is 6.26 Å². The minimum absolute atomic E-state index is 0.101. The van der Waals surface area contributed by atoms with Crippen molar-refractivity contribution in [2.45, 2.75) is 76.8 Å². The first-order valence-electron chi connectivity index (χ1n) is 14.2. The number of likely N-dealkylation sites (tertiary alicyclic amines) is 1. The number of amides is 1. The third kappa shape index (κ3) is 5.79. The number of ether oxygens (including phenoxy) is 1. The molecule has 1 aliphatic heterocycles. The largest absolute Gasteiger partial charge is 0.444 e. The van der Waals surface area contributed by atoms with Gasteiger partial charge in [-0.15, -0.1) is 0 Å². The highest BCUT2D eigenvalue weighted by Gasteiger charge is 2.33. The molecule has 1 fully saturated rings. The molecule has 11 heteroatoms. The molecule has 0 N–H and O–H groups in total. The van der Waals surface area contributed by atoms with E-state index in [1.807, 2.05) is 55.7 Å². The van der Waals surface area contributed by atoms with Gasteiger partial charge in [0, 0.05) is 43.2 Å². The van der Waals surface area contributed by atoms with Crippen LogP contribution in [0.3, 0.4) is 0 Å². The van der Waals surface area contributed by atoms with Gasteiger partial charge in [0.25, 0.3) is 0 Å². The maximum Gasteiger partial charge on any atom is 0.410 e. The Morgan fingerprint density at radius 1 is 1.02 bits per heavy atom. The Balaban J connectivity index is 1.52. The molecule has 1 aliphatic rings. The van der Waals surface area contributed by atoms with Crippen molar-refractivity contribution in [1.82, 2.24) is 24.0 Å². The number of pyridine rings is 2. The van der Waals surface area contributed by atoms with E-state index < -0.39 is 20.2 Å². The quantitative estimate of drug-likeness (QED) is 0.317. The van der Waals surface area contributed by atoms with Gasteiger partial charge in [-0.1, -0.05) is 24.3 Å². The average molecular weight is 594 g/mol. The fourth-order valence-corrected chi connectivity index (χ4v) is 5.98. The van der Waals surface area contributed by atoms with Gasteiger partial charge in [0.05, 0.1) is 34.2 Å². The number of rotatable bonds is 6. The maximum absolute atomic E-state index is 14.1. The predicted molar refractivity (Wildman–Crippen MR) is 164 cm³/mol. The Bertz CT molecular complexity index is 1810.